The van der Waals surface area contributed by atoms with Gasteiger partial charge >= 0.3 is 5.97 Å². The Morgan fingerprint density at radius 1 is 1.23 bits per heavy atom. The van der Waals surface area contributed by atoms with E-state index in [0.29, 0.717) is 11.9 Å². The monoisotopic (exact) mass is 485 g/mol. The lowest BCUT2D eigenvalue weighted by atomic mass is 10.0. The predicted molar refractivity (Wildman–Crippen MR) is 114 cm³/mol. The summed E-state index contributed by atoms with van der Waals surface area (Å²) in [5.41, 5.74) is -0.486. The Morgan fingerprint density at radius 2 is 1.92 bits per heavy atom. The summed E-state index contributed by atoms with van der Waals surface area (Å²) in [5.74, 6) is 0.928. The molecule has 0 aromatic carbocycles. The van der Waals surface area contributed by atoms with E-state index in [1.807, 2.05) is 27.7 Å². The molecule has 7 nitrogen and oxygen atoms in total. The molecule has 0 aromatic heterocycles. The average molecular weight is 485 g/mol. The molecule has 0 bridgehead atoms. The molecule has 0 amide bonds. The van der Waals surface area contributed by atoms with E-state index in [1.165, 1.54) is 0 Å². The topological polar surface area (TPSA) is 81.2 Å². The molecule has 1 saturated heterocycles. The summed E-state index contributed by atoms with van der Waals surface area (Å²) in [7, 11) is 0. The van der Waals surface area contributed by atoms with Crippen LogP contribution in [0.15, 0.2) is 4.99 Å². The fourth-order valence-electron chi connectivity index (χ4n) is 2.40. The molecular formula is C18H36IN3O4. The molecule has 1 heterocycles. The number of hydrogen-bond acceptors (Lipinski definition) is 5. The van der Waals surface area contributed by atoms with Crippen LogP contribution in [0.25, 0.3) is 0 Å². The van der Waals surface area contributed by atoms with Gasteiger partial charge in [0.1, 0.15) is 12.1 Å². The van der Waals surface area contributed by atoms with Crippen LogP contribution in [0.4, 0.5) is 0 Å². The number of esters is 1. The van der Waals surface area contributed by atoms with Gasteiger partial charge in [-0.1, -0.05) is 0 Å². The Bertz CT molecular complexity index is 408. The van der Waals surface area contributed by atoms with Gasteiger partial charge in [0, 0.05) is 39.5 Å². The van der Waals surface area contributed by atoms with Crippen molar-refractivity contribution in [2.45, 2.75) is 52.6 Å². The summed E-state index contributed by atoms with van der Waals surface area (Å²) in [5, 5.41) is 6.33. The van der Waals surface area contributed by atoms with Gasteiger partial charge in [-0.05, 0) is 52.9 Å². The Hall–Kier alpha value is -0.610. The van der Waals surface area contributed by atoms with E-state index in [4.69, 9.17) is 14.2 Å². The number of hydrogen-bond donors (Lipinski definition) is 2. The molecule has 0 atom stereocenters. The van der Waals surface area contributed by atoms with Crippen molar-refractivity contribution < 1.29 is 19.0 Å². The van der Waals surface area contributed by atoms with Crippen molar-refractivity contribution in [3.8, 4) is 0 Å². The third-order valence-corrected chi connectivity index (χ3v) is 3.58. The third-order valence-electron chi connectivity index (χ3n) is 3.58. The van der Waals surface area contributed by atoms with Crippen molar-refractivity contribution in [1.82, 2.24) is 10.6 Å². The summed E-state index contributed by atoms with van der Waals surface area (Å²) in [4.78, 5) is 16.0. The van der Waals surface area contributed by atoms with Crippen molar-refractivity contribution in [1.29, 1.82) is 0 Å². The number of nitrogens with one attached hydrogen (secondary N) is 2. The van der Waals surface area contributed by atoms with Crippen LogP contribution in [0.5, 0.6) is 0 Å². The van der Waals surface area contributed by atoms with E-state index < -0.39 is 5.60 Å². The maximum absolute atomic E-state index is 11.7. The van der Waals surface area contributed by atoms with Crippen LogP contribution < -0.4 is 10.6 Å². The maximum Gasteiger partial charge on any atom is 0.328 e. The molecule has 26 heavy (non-hydrogen) atoms. The highest BCUT2D eigenvalue weighted by Gasteiger charge is 2.16. The van der Waals surface area contributed by atoms with E-state index in [9.17, 15) is 4.79 Å². The van der Waals surface area contributed by atoms with Crippen LogP contribution in [-0.4, -0.2) is 63.6 Å². The van der Waals surface area contributed by atoms with E-state index in [1.54, 1.807) is 0 Å². The number of carbonyl (C=O) groups is 1. The summed E-state index contributed by atoms with van der Waals surface area (Å²) >= 11 is 0. The number of guanidine groups is 1. The van der Waals surface area contributed by atoms with Gasteiger partial charge in [-0.25, -0.2) is 4.99 Å². The minimum absolute atomic E-state index is 0. The fourth-order valence-corrected chi connectivity index (χ4v) is 2.40. The molecule has 1 fully saturated rings. The minimum atomic E-state index is -0.486. The molecule has 0 spiro atoms. The zero-order chi connectivity index (χ0) is 18.5. The zero-order valence-corrected chi connectivity index (χ0v) is 19.0. The molecule has 0 radical (unpaired) electrons. The molecule has 0 saturated carbocycles. The second-order valence-electron chi connectivity index (χ2n) is 7.19. The van der Waals surface area contributed by atoms with Gasteiger partial charge in [-0.3, -0.25) is 4.79 Å². The van der Waals surface area contributed by atoms with Crippen LogP contribution in [0.3, 0.4) is 0 Å². The summed E-state index contributed by atoms with van der Waals surface area (Å²) < 4.78 is 16.3. The van der Waals surface area contributed by atoms with Crippen LogP contribution >= 0.6 is 24.0 Å². The number of nitrogens with zero attached hydrogens (tertiary/aromatic N) is 1. The maximum atomic E-state index is 11.7. The van der Waals surface area contributed by atoms with Crippen LogP contribution in [0, 0.1) is 5.92 Å². The van der Waals surface area contributed by atoms with Gasteiger partial charge in [0.2, 0.25) is 0 Å². The summed E-state index contributed by atoms with van der Waals surface area (Å²) in [6.07, 6.45) is 3.08. The Morgan fingerprint density at radius 3 is 2.54 bits per heavy atom. The largest absolute Gasteiger partial charge is 0.459 e. The molecule has 0 unspecified atom stereocenters. The summed E-state index contributed by atoms with van der Waals surface area (Å²) in [6, 6.07) is 0. The summed E-state index contributed by atoms with van der Waals surface area (Å²) in [6.45, 7) is 12.3. The van der Waals surface area contributed by atoms with Crippen LogP contribution in [0.1, 0.15) is 47.0 Å². The van der Waals surface area contributed by atoms with Gasteiger partial charge < -0.3 is 24.8 Å². The number of rotatable bonds is 9. The average Bonchev–Trinajstić information content (AvgIpc) is 2.55. The Kier molecular flexibility index (Phi) is 14.1. The SMILES string of the molecule is CCNC(=NCC(=O)OC(C)(C)C)NCCCOCC1CCOCC1.I. The highest BCUT2D eigenvalue weighted by molar-refractivity contribution is 14.0. The lowest BCUT2D eigenvalue weighted by molar-refractivity contribution is -0.152. The smallest absolute Gasteiger partial charge is 0.328 e. The number of aliphatic imine (C=N–C) groups is 1. The number of carbonyl (C=O) groups excluding carboxylic acids is 1. The Balaban J connectivity index is 0.00000625. The first kappa shape index (κ1) is 25.4. The first-order chi connectivity index (χ1) is 11.9. The van der Waals surface area contributed by atoms with Crippen molar-refractivity contribution >= 4 is 35.9 Å². The van der Waals surface area contributed by atoms with Gasteiger partial charge in [-0.2, -0.15) is 0 Å². The molecule has 1 aliphatic rings. The van der Waals surface area contributed by atoms with Crippen LogP contribution in [-0.2, 0) is 19.0 Å². The van der Waals surface area contributed by atoms with Gasteiger partial charge in [0.05, 0.1) is 0 Å². The highest BCUT2D eigenvalue weighted by atomic mass is 127. The molecule has 1 rings (SSSR count). The second-order valence-corrected chi connectivity index (χ2v) is 7.19. The highest BCUT2D eigenvalue weighted by Crippen LogP contribution is 2.14. The molecule has 1 aliphatic heterocycles. The predicted octanol–water partition coefficient (Wildman–Crippen LogP) is 2.33. The fraction of sp³-hybridized carbons (Fsp3) is 0.889. The number of halogens is 1. The first-order valence-corrected chi connectivity index (χ1v) is 9.30. The lowest BCUT2D eigenvalue weighted by Gasteiger charge is -2.21. The van der Waals surface area contributed by atoms with Crippen LogP contribution in [0.2, 0.25) is 0 Å². The van der Waals surface area contributed by atoms with E-state index >= 15 is 0 Å². The standard InChI is InChI=1S/C18H35N3O4.HI/c1-5-19-17(21-13-16(22)25-18(2,3)4)20-9-6-10-24-14-15-7-11-23-12-8-15;/h15H,5-14H2,1-4H3,(H2,19,20,21);1H. The molecule has 8 heteroatoms. The zero-order valence-electron chi connectivity index (χ0n) is 16.6. The normalized spacial score (nSPS) is 15.9. The van der Waals surface area contributed by atoms with Gasteiger partial charge in [0.25, 0.3) is 0 Å². The molecule has 0 aromatic rings. The lowest BCUT2D eigenvalue weighted by Crippen LogP contribution is -2.38. The number of ether oxygens (including phenoxy) is 3. The second kappa shape index (κ2) is 14.4. The van der Waals surface area contributed by atoms with Crippen molar-refractivity contribution in [2.24, 2.45) is 10.9 Å². The van der Waals surface area contributed by atoms with Gasteiger partial charge in [-0.15, -0.1) is 24.0 Å². The van der Waals surface area contributed by atoms with Crippen molar-refractivity contribution in [3.05, 3.63) is 0 Å². The minimum Gasteiger partial charge on any atom is -0.459 e. The third kappa shape index (κ3) is 13.6. The van der Waals surface area contributed by atoms with E-state index in [-0.39, 0.29) is 36.5 Å². The van der Waals surface area contributed by atoms with E-state index in [0.717, 1.165) is 58.8 Å². The molecule has 2 N–H and O–H groups in total. The van der Waals surface area contributed by atoms with Gasteiger partial charge in [0.15, 0.2) is 5.96 Å². The molecule has 0 aliphatic carbocycles. The van der Waals surface area contributed by atoms with Crippen molar-refractivity contribution in [3.63, 3.8) is 0 Å². The molecular weight excluding hydrogens is 449 g/mol. The van der Waals surface area contributed by atoms with Crippen molar-refractivity contribution in [2.75, 3.05) is 46.1 Å². The Labute approximate surface area is 175 Å². The molecule has 154 valence electrons. The first-order valence-electron chi connectivity index (χ1n) is 9.30. The quantitative estimate of drug-likeness (QED) is 0.172. The van der Waals surface area contributed by atoms with E-state index in [2.05, 4.69) is 15.6 Å².